The predicted octanol–water partition coefficient (Wildman–Crippen LogP) is 7.16. The van der Waals surface area contributed by atoms with Gasteiger partial charge in [-0.1, -0.05) is 33.1 Å². The predicted molar refractivity (Wildman–Crippen MR) is 192 cm³/mol. The Morgan fingerprint density at radius 2 is 0.886 bits per heavy atom. The van der Waals surface area contributed by atoms with E-state index in [2.05, 4.69) is 53.4 Å². The maximum Gasteiger partial charge on any atom is 0.382 e. The summed E-state index contributed by atoms with van der Waals surface area (Å²) in [6.45, 7) is 20.2. The van der Waals surface area contributed by atoms with Crippen LogP contribution < -0.4 is 9.72 Å². The monoisotopic (exact) mass is 670 g/mol. The second-order valence-electron chi connectivity index (χ2n) is 15.2. The van der Waals surface area contributed by atoms with Crippen molar-refractivity contribution >= 4 is 23.6 Å². The van der Waals surface area contributed by atoms with Crippen molar-refractivity contribution < 1.29 is 0 Å². The molecule has 44 heavy (non-hydrogen) atoms. The van der Waals surface area contributed by atoms with Crippen molar-refractivity contribution in [2.75, 3.05) is 85.6 Å². The van der Waals surface area contributed by atoms with Crippen LogP contribution in [0.1, 0.15) is 110 Å². The maximum atomic E-state index is 4.94. The van der Waals surface area contributed by atoms with Crippen LogP contribution in [0.25, 0.3) is 0 Å². The largest absolute Gasteiger partial charge is 0.382 e. The van der Waals surface area contributed by atoms with Crippen molar-refractivity contribution in [3.63, 3.8) is 0 Å². The molecular formula is C32H67N9P3+3. The molecule has 0 saturated carbocycles. The topological polar surface area (TPSA) is 46.7 Å². The third-order valence-corrected chi connectivity index (χ3v) is 27.1. The lowest BCUT2D eigenvalue weighted by molar-refractivity contribution is 0.242. The Morgan fingerprint density at radius 1 is 0.523 bits per heavy atom. The summed E-state index contributed by atoms with van der Waals surface area (Å²) in [5, 5.41) is 0. The summed E-state index contributed by atoms with van der Waals surface area (Å²) >= 11 is 0. The van der Waals surface area contributed by atoms with E-state index in [0.717, 1.165) is 11.8 Å². The van der Waals surface area contributed by atoms with Gasteiger partial charge in [-0.3, -0.25) is 0 Å². The minimum Gasteiger partial charge on any atom is -0.128 e. The Balaban J connectivity index is 1.38. The average molecular weight is 671 g/mol. The molecule has 0 radical (unpaired) electrons. The zero-order chi connectivity index (χ0) is 30.2. The van der Waals surface area contributed by atoms with Gasteiger partial charge in [-0.2, -0.15) is 0 Å². The van der Waals surface area contributed by atoms with Crippen molar-refractivity contribution in [3.05, 3.63) is 0 Å². The number of rotatable bonds is 9. The van der Waals surface area contributed by atoms with E-state index in [1.54, 1.807) is 0 Å². The normalized spacial score (nSPS) is 37.2. The molecule has 7 aliphatic heterocycles. The second kappa shape index (κ2) is 14.4. The molecule has 0 aromatic heterocycles. The summed E-state index contributed by atoms with van der Waals surface area (Å²) in [5.74, 6) is 1.78. The molecule has 2 unspecified atom stereocenters. The summed E-state index contributed by atoms with van der Waals surface area (Å²) in [6.07, 6.45) is 20.6. The Kier molecular flexibility index (Phi) is 11.0. The lowest BCUT2D eigenvalue weighted by Gasteiger charge is -2.56. The number of piperidine rings is 2. The van der Waals surface area contributed by atoms with Crippen LogP contribution in [0.15, 0.2) is 0 Å². The van der Waals surface area contributed by atoms with Gasteiger partial charge in [-0.15, -0.1) is 28.0 Å². The molecule has 7 heterocycles. The summed E-state index contributed by atoms with van der Waals surface area (Å²) in [7, 11) is -3.40. The molecule has 9 nitrogen and oxygen atoms in total. The fourth-order valence-corrected chi connectivity index (χ4v) is 29.3. The lowest BCUT2D eigenvalue weighted by atomic mass is 9.93. The highest BCUT2D eigenvalue weighted by atomic mass is 31.3. The van der Waals surface area contributed by atoms with Crippen LogP contribution in [0.5, 0.6) is 0 Å². The van der Waals surface area contributed by atoms with Crippen molar-refractivity contribution in [2.45, 2.75) is 110 Å². The van der Waals surface area contributed by atoms with Gasteiger partial charge >= 0.3 is 23.6 Å². The molecule has 7 saturated heterocycles. The van der Waals surface area contributed by atoms with E-state index in [1.807, 2.05) is 0 Å². The van der Waals surface area contributed by atoms with Crippen LogP contribution in [0.4, 0.5) is 0 Å². The molecule has 12 heteroatoms. The molecule has 0 aromatic rings. The van der Waals surface area contributed by atoms with Crippen molar-refractivity contribution in [1.82, 2.24) is 42.2 Å². The average Bonchev–Trinajstić information content (AvgIpc) is 3.90. The van der Waals surface area contributed by atoms with Gasteiger partial charge in [0.25, 0.3) is 0 Å². The van der Waals surface area contributed by atoms with Crippen LogP contribution in [-0.2, 0) is 0 Å². The van der Waals surface area contributed by atoms with Crippen LogP contribution >= 0.6 is 23.6 Å². The van der Waals surface area contributed by atoms with Crippen LogP contribution in [-0.4, -0.2) is 118 Å². The Labute approximate surface area is 272 Å². The SMILES string of the molecule is CCCCC1CCN([P+]2(N3CCCC3)N[P+](N3CCCC3)(N3CCCC3)N(C)[P+](N3CCCC3)(N3CCC(C)CC3)N2)CC1. The third kappa shape index (κ3) is 5.92. The smallest absolute Gasteiger partial charge is 0.128 e. The van der Waals surface area contributed by atoms with Gasteiger partial charge < -0.3 is 0 Å². The van der Waals surface area contributed by atoms with Gasteiger partial charge in [0.2, 0.25) is 0 Å². The summed E-state index contributed by atoms with van der Waals surface area (Å²) < 4.78 is 21.5. The van der Waals surface area contributed by atoms with E-state index in [9.17, 15) is 0 Å². The van der Waals surface area contributed by atoms with E-state index in [-0.39, 0.29) is 0 Å². The first kappa shape index (κ1) is 33.4. The fourth-order valence-electron chi connectivity index (χ4n) is 9.67. The standard InChI is InChI=1S/C32H67N9P3/c1-4-5-14-32-17-29-37(30-18-32)42(36-19-6-7-20-36)33-43(38-21-8-9-22-38,39-23-10-11-24-39)35(3)44(34-42,40-25-12-13-26-40)41-27-15-31(2)16-28-41/h31-34H,4-30H2,1-3H3/q+3. The maximum absolute atomic E-state index is 4.94. The lowest BCUT2D eigenvalue weighted by Crippen LogP contribution is -2.65. The molecule has 7 rings (SSSR count). The first-order valence-electron chi connectivity index (χ1n) is 19.1. The van der Waals surface area contributed by atoms with Crippen molar-refractivity contribution in [2.24, 2.45) is 11.8 Å². The van der Waals surface area contributed by atoms with E-state index in [4.69, 9.17) is 9.72 Å². The summed E-state index contributed by atoms with van der Waals surface area (Å²) in [5.41, 5.74) is 0. The summed E-state index contributed by atoms with van der Waals surface area (Å²) in [6, 6.07) is 0. The van der Waals surface area contributed by atoms with E-state index in [0.29, 0.717) is 0 Å². The Hall–Kier alpha value is 0.930. The molecule has 0 amide bonds. The molecule has 7 fully saturated rings. The Morgan fingerprint density at radius 3 is 1.32 bits per heavy atom. The quantitative estimate of drug-likeness (QED) is 0.249. The number of hydrogen-bond donors (Lipinski definition) is 2. The molecule has 0 spiro atoms. The van der Waals surface area contributed by atoms with Crippen LogP contribution in [0.3, 0.4) is 0 Å². The van der Waals surface area contributed by atoms with Gasteiger partial charge in [0, 0.05) is 92.7 Å². The van der Waals surface area contributed by atoms with Crippen molar-refractivity contribution in [3.8, 4) is 0 Å². The zero-order valence-electron chi connectivity index (χ0n) is 28.7. The number of nitrogens with one attached hydrogen (secondary N) is 2. The highest BCUT2D eigenvalue weighted by Gasteiger charge is 2.86. The van der Waals surface area contributed by atoms with Gasteiger partial charge in [0.05, 0.1) is 7.05 Å². The molecule has 0 aliphatic carbocycles. The molecular weight excluding hydrogens is 603 g/mol. The Bertz CT molecular complexity index is 908. The number of hydrogen-bond acceptors (Lipinski definition) is 9. The van der Waals surface area contributed by atoms with Crippen molar-refractivity contribution in [1.29, 1.82) is 0 Å². The third-order valence-electron chi connectivity index (χ3n) is 12.4. The van der Waals surface area contributed by atoms with Crippen LogP contribution in [0, 0.1) is 11.8 Å². The minimum atomic E-state index is -2.03. The van der Waals surface area contributed by atoms with E-state index >= 15 is 0 Å². The molecule has 252 valence electrons. The van der Waals surface area contributed by atoms with E-state index < -0.39 is 23.6 Å². The number of nitrogens with zero attached hydrogens (tertiary/aromatic N) is 7. The molecule has 0 bridgehead atoms. The van der Waals surface area contributed by atoms with Gasteiger partial charge in [-0.25, -0.2) is 0 Å². The zero-order valence-corrected chi connectivity index (χ0v) is 31.4. The first-order valence-corrected chi connectivity index (χ1v) is 24.1. The number of unbranched alkanes of at least 4 members (excludes halogenated alkanes) is 1. The highest BCUT2D eigenvalue weighted by molar-refractivity contribution is 7.96. The van der Waals surface area contributed by atoms with Gasteiger partial charge in [-0.05, 0) is 88.9 Å². The minimum absolute atomic E-state index is 0.857. The van der Waals surface area contributed by atoms with Crippen LogP contribution in [0.2, 0.25) is 0 Å². The highest BCUT2D eigenvalue weighted by Crippen LogP contribution is 2.91. The molecule has 2 N–H and O–H groups in total. The molecule has 7 aliphatic rings. The van der Waals surface area contributed by atoms with E-state index in [1.165, 1.54) is 175 Å². The first-order chi connectivity index (χ1) is 21.5. The molecule has 2 atom stereocenters. The van der Waals surface area contributed by atoms with Gasteiger partial charge in [0.1, 0.15) is 0 Å². The summed E-state index contributed by atoms with van der Waals surface area (Å²) in [4.78, 5) is 9.87. The molecule has 0 aromatic carbocycles. The second-order valence-corrected chi connectivity index (χ2v) is 25.2. The fraction of sp³-hybridized carbons (Fsp3) is 1.00. The van der Waals surface area contributed by atoms with Gasteiger partial charge in [0.15, 0.2) is 0 Å².